The first-order chi connectivity index (χ1) is 11.0. The molecule has 3 rings (SSSR count). The van der Waals surface area contributed by atoms with Crippen LogP contribution in [0.3, 0.4) is 0 Å². The Labute approximate surface area is 135 Å². The molecule has 0 aliphatic carbocycles. The van der Waals surface area contributed by atoms with Crippen LogP contribution in [0.1, 0.15) is 11.1 Å². The van der Waals surface area contributed by atoms with Crippen molar-refractivity contribution in [2.75, 3.05) is 23.9 Å². The molecule has 2 aromatic carbocycles. The van der Waals surface area contributed by atoms with Gasteiger partial charge in [0.25, 0.3) is 11.8 Å². The monoisotopic (exact) mass is 306 g/mol. The molecule has 0 spiro atoms. The van der Waals surface area contributed by atoms with Gasteiger partial charge in [-0.2, -0.15) is 0 Å². The molecule has 0 atom stereocenters. The highest BCUT2D eigenvalue weighted by Gasteiger charge is 2.32. The zero-order valence-corrected chi connectivity index (χ0v) is 13.4. The molecular formula is C19H18N2O2. The maximum absolute atomic E-state index is 12.6. The highest BCUT2D eigenvalue weighted by molar-refractivity contribution is 6.43. The van der Waals surface area contributed by atoms with E-state index in [2.05, 4.69) is 0 Å². The molecule has 0 saturated heterocycles. The van der Waals surface area contributed by atoms with E-state index in [1.54, 1.807) is 12.1 Å². The van der Waals surface area contributed by atoms with Gasteiger partial charge < -0.3 is 4.90 Å². The first kappa shape index (κ1) is 15.0. The summed E-state index contributed by atoms with van der Waals surface area (Å²) in [6.45, 7) is 1.97. The summed E-state index contributed by atoms with van der Waals surface area (Å²) in [5.74, 6) is -0.581. The lowest BCUT2D eigenvalue weighted by Gasteiger charge is -2.16. The zero-order chi connectivity index (χ0) is 16.6. The van der Waals surface area contributed by atoms with E-state index in [1.807, 2.05) is 62.3 Å². The zero-order valence-electron chi connectivity index (χ0n) is 13.4. The number of amides is 2. The number of carbonyl (C=O) groups excluding carboxylic acids is 2. The minimum Gasteiger partial charge on any atom is -0.378 e. The van der Waals surface area contributed by atoms with Crippen molar-refractivity contribution in [2.24, 2.45) is 0 Å². The van der Waals surface area contributed by atoms with E-state index in [-0.39, 0.29) is 11.8 Å². The Hall–Kier alpha value is -2.88. The lowest BCUT2D eigenvalue weighted by molar-refractivity contribution is -0.119. The van der Waals surface area contributed by atoms with Gasteiger partial charge in [-0.05, 0) is 36.8 Å². The molecule has 4 heteroatoms. The van der Waals surface area contributed by atoms with Crippen molar-refractivity contribution in [2.45, 2.75) is 6.92 Å². The van der Waals surface area contributed by atoms with E-state index in [1.165, 1.54) is 11.0 Å². The van der Waals surface area contributed by atoms with Crippen LogP contribution < -0.4 is 9.80 Å². The molecule has 1 aliphatic heterocycles. The van der Waals surface area contributed by atoms with Crippen LogP contribution in [0, 0.1) is 6.92 Å². The first-order valence-electron chi connectivity index (χ1n) is 7.42. The Morgan fingerprint density at radius 3 is 2.04 bits per heavy atom. The molecule has 0 radical (unpaired) electrons. The molecule has 0 fully saturated rings. The van der Waals surface area contributed by atoms with Crippen molar-refractivity contribution in [3.05, 3.63) is 65.7 Å². The van der Waals surface area contributed by atoms with Crippen LogP contribution in [0.15, 0.2) is 54.6 Å². The number of anilines is 2. The highest BCUT2D eigenvalue weighted by atomic mass is 16.2. The fourth-order valence-electron chi connectivity index (χ4n) is 2.55. The van der Waals surface area contributed by atoms with Gasteiger partial charge in [0.2, 0.25) is 0 Å². The molecule has 0 bridgehead atoms. The molecule has 2 amide bonds. The van der Waals surface area contributed by atoms with E-state index < -0.39 is 0 Å². The van der Waals surface area contributed by atoms with Gasteiger partial charge in [0.1, 0.15) is 0 Å². The molecule has 0 saturated carbocycles. The van der Waals surface area contributed by atoms with Gasteiger partial charge in [-0.15, -0.1) is 0 Å². The second kappa shape index (κ2) is 5.72. The van der Waals surface area contributed by atoms with Crippen LogP contribution in [-0.4, -0.2) is 25.9 Å². The van der Waals surface area contributed by atoms with Gasteiger partial charge >= 0.3 is 0 Å². The van der Waals surface area contributed by atoms with Crippen molar-refractivity contribution >= 4 is 28.8 Å². The molecule has 0 unspecified atom stereocenters. The number of benzene rings is 2. The number of hydrogen-bond donors (Lipinski definition) is 0. The molecule has 0 aromatic heterocycles. The van der Waals surface area contributed by atoms with E-state index in [0.717, 1.165) is 16.8 Å². The molecule has 116 valence electrons. The molecule has 0 N–H and O–H groups in total. The summed E-state index contributed by atoms with van der Waals surface area (Å²) >= 11 is 0. The smallest absolute Gasteiger partial charge is 0.266 e. The standard InChI is InChI=1S/C19H18N2O2/c1-13-4-8-16(9-5-13)21-18(22)12-17(19(21)23)14-6-10-15(11-7-14)20(2)3/h4-12H,1-3H3. The number of rotatable bonds is 3. The number of aryl methyl sites for hydroxylation is 1. The quantitative estimate of drug-likeness (QED) is 0.819. The van der Waals surface area contributed by atoms with Gasteiger partial charge in [0.15, 0.2) is 0 Å². The largest absolute Gasteiger partial charge is 0.378 e. The van der Waals surface area contributed by atoms with Gasteiger partial charge in [-0.3, -0.25) is 9.59 Å². The molecule has 4 nitrogen and oxygen atoms in total. The number of carbonyl (C=O) groups is 2. The second-order valence-electron chi connectivity index (χ2n) is 5.81. The minimum atomic E-state index is -0.300. The van der Waals surface area contributed by atoms with E-state index >= 15 is 0 Å². The Morgan fingerprint density at radius 2 is 1.48 bits per heavy atom. The van der Waals surface area contributed by atoms with Crippen molar-refractivity contribution < 1.29 is 9.59 Å². The van der Waals surface area contributed by atoms with E-state index in [0.29, 0.717) is 11.3 Å². The normalized spacial score (nSPS) is 14.2. The maximum atomic E-state index is 12.6. The van der Waals surface area contributed by atoms with Crippen LogP contribution in [0.2, 0.25) is 0 Å². The summed E-state index contributed by atoms with van der Waals surface area (Å²) < 4.78 is 0. The molecule has 1 heterocycles. The second-order valence-corrected chi connectivity index (χ2v) is 5.81. The minimum absolute atomic E-state index is 0.281. The van der Waals surface area contributed by atoms with E-state index in [4.69, 9.17) is 0 Å². The predicted molar refractivity (Wildman–Crippen MR) is 92.4 cm³/mol. The van der Waals surface area contributed by atoms with Gasteiger partial charge in [0, 0.05) is 25.9 Å². The van der Waals surface area contributed by atoms with Crippen molar-refractivity contribution in [3.63, 3.8) is 0 Å². The number of nitrogens with zero attached hydrogens (tertiary/aromatic N) is 2. The van der Waals surface area contributed by atoms with Crippen LogP contribution in [0.25, 0.3) is 5.57 Å². The maximum Gasteiger partial charge on any atom is 0.266 e. The highest BCUT2D eigenvalue weighted by Crippen LogP contribution is 2.29. The van der Waals surface area contributed by atoms with Crippen molar-refractivity contribution in [1.29, 1.82) is 0 Å². The van der Waals surface area contributed by atoms with Gasteiger partial charge in [-0.25, -0.2) is 4.90 Å². The number of hydrogen-bond acceptors (Lipinski definition) is 3. The van der Waals surface area contributed by atoms with Crippen molar-refractivity contribution in [3.8, 4) is 0 Å². The SMILES string of the molecule is Cc1ccc(N2C(=O)C=C(c3ccc(N(C)C)cc3)C2=O)cc1. The summed E-state index contributed by atoms with van der Waals surface area (Å²) in [4.78, 5) is 28.1. The van der Waals surface area contributed by atoms with Crippen LogP contribution >= 0.6 is 0 Å². The fourth-order valence-corrected chi connectivity index (χ4v) is 2.55. The molecule has 23 heavy (non-hydrogen) atoms. The first-order valence-corrected chi connectivity index (χ1v) is 7.42. The average Bonchev–Trinajstić information content (AvgIpc) is 2.83. The topological polar surface area (TPSA) is 40.6 Å². The van der Waals surface area contributed by atoms with Gasteiger partial charge in [0.05, 0.1) is 11.3 Å². The van der Waals surface area contributed by atoms with Crippen LogP contribution in [0.5, 0.6) is 0 Å². The van der Waals surface area contributed by atoms with Crippen LogP contribution in [0.4, 0.5) is 11.4 Å². The summed E-state index contributed by atoms with van der Waals surface area (Å²) in [5, 5.41) is 0. The lowest BCUT2D eigenvalue weighted by Crippen LogP contribution is -2.30. The number of imide groups is 1. The summed E-state index contributed by atoms with van der Waals surface area (Å²) in [6.07, 6.45) is 1.41. The fraction of sp³-hybridized carbons (Fsp3) is 0.158. The summed E-state index contributed by atoms with van der Waals surface area (Å²) in [7, 11) is 3.91. The molecular weight excluding hydrogens is 288 g/mol. The summed E-state index contributed by atoms with van der Waals surface area (Å²) in [5.41, 5.74) is 3.91. The summed E-state index contributed by atoms with van der Waals surface area (Å²) in [6, 6.07) is 15.0. The Kier molecular flexibility index (Phi) is 3.74. The van der Waals surface area contributed by atoms with Crippen molar-refractivity contribution in [1.82, 2.24) is 0 Å². The molecule has 2 aromatic rings. The van der Waals surface area contributed by atoms with E-state index in [9.17, 15) is 9.59 Å². The third-order valence-corrected chi connectivity index (χ3v) is 3.91. The predicted octanol–water partition coefficient (Wildman–Crippen LogP) is 3.02. The lowest BCUT2D eigenvalue weighted by atomic mass is 10.1. The third-order valence-electron chi connectivity index (χ3n) is 3.91. The van der Waals surface area contributed by atoms with Gasteiger partial charge in [-0.1, -0.05) is 29.8 Å². The Morgan fingerprint density at radius 1 is 0.870 bits per heavy atom. The Bertz CT molecular complexity index is 787. The third kappa shape index (κ3) is 2.75. The molecule has 1 aliphatic rings. The van der Waals surface area contributed by atoms with Crippen LogP contribution in [-0.2, 0) is 9.59 Å². The Balaban J connectivity index is 1.91. The average molecular weight is 306 g/mol.